The predicted octanol–water partition coefficient (Wildman–Crippen LogP) is 6.08. The van der Waals surface area contributed by atoms with E-state index in [0.29, 0.717) is 16.5 Å². The van der Waals surface area contributed by atoms with Crippen molar-refractivity contribution >= 4 is 39.3 Å². The van der Waals surface area contributed by atoms with E-state index in [0.717, 1.165) is 35.8 Å². The summed E-state index contributed by atoms with van der Waals surface area (Å²) in [6.07, 6.45) is 5.50. The number of nitrogens with one attached hydrogen (secondary N) is 1. The standard InChI is InChI=1S/C22H22BrFN4OS/c23-15-7-6-8-16(13-15)25-20(29)14-30-22-27-26-21(18-11-4-5-12-19(18)24)28(22)17-9-2-1-3-10-17/h4-8,11-13,17H,1-3,9-10,14H2,(H,25,29). The number of carbonyl (C=O) groups excluding carboxylic acids is 1. The lowest BCUT2D eigenvalue weighted by Crippen LogP contribution is -2.17. The maximum atomic E-state index is 14.5. The molecule has 4 rings (SSSR count). The fourth-order valence-electron chi connectivity index (χ4n) is 3.76. The van der Waals surface area contributed by atoms with Crippen LogP contribution in [0, 0.1) is 5.82 Å². The Morgan fingerprint density at radius 3 is 2.70 bits per heavy atom. The van der Waals surface area contributed by atoms with E-state index in [1.54, 1.807) is 18.2 Å². The van der Waals surface area contributed by atoms with Crippen LogP contribution in [0.5, 0.6) is 0 Å². The summed E-state index contributed by atoms with van der Waals surface area (Å²) in [5, 5.41) is 12.2. The fourth-order valence-corrected chi connectivity index (χ4v) is 4.97. The molecule has 5 nitrogen and oxygen atoms in total. The molecule has 8 heteroatoms. The molecular weight excluding hydrogens is 467 g/mol. The van der Waals surface area contributed by atoms with Crippen molar-refractivity contribution in [2.24, 2.45) is 0 Å². The van der Waals surface area contributed by atoms with E-state index >= 15 is 0 Å². The molecule has 1 fully saturated rings. The van der Waals surface area contributed by atoms with Crippen LogP contribution < -0.4 is 5.32 Å². The van der Waals surface area contributed by atoms with Gasteiger partial charge >= 0.3 is 0 Å². The molecule has 30 heavy (non-hydrogen) atoms. The van der Waals surface area contributed by atoms with Crippen LogP contribution in [0.2, 0.25) is 0 Å². The van der Waals surface area contributed by atoms with Gasteiger partial charge in [-0.2, -0.15) is 0 Å². The second-order valence-electron chi connectivity index (χ2n) is 7.30. The third kappa shape index (κ3) is 4.92. The minimum absolute atomic E-state index is 0.122. The van der Waals surface area contributed by atoms with Gasteiger partial charge in [0.2, 0.25) is 5.91 Å². The number of anilines is 1. The molecule has 0 radical (unpaired) electrons. The summed E-state index contributed by atoms with van der Waals surface area (Å²) in [6.45, 7) is 0. The highest BCUT2D eigenvalue weighted by Gasteiger charge is 2.25. The van der Waals surface area contributed by atoms with Crippen molar-refractivity contribution in [1.82, 2.24) is 14.8 Å². The van der Waals surface area contributed by atoms with E-state index in [2.05, 4.69) is 31.4 Å². The van der Waals surface area contributed by atoms with Gasteiger partial charge in [-0.15, -0.1) is 10.2 Å². The molecule has 1 amide bonds. The number of nitrogens with zero attached hydrogens (tertiary/aromatic N) is 3. The first kappa shape index (κ1) is 21.1. The zero-order chi connectivity index (χ0) is 20.9. The number of hydrogen-bond donors (Lipinski definition) is 1. The molecular formula is C22H22BrFN4OS. The smallest absolute Gasteiger partial charge is 0.234 e. The van der Waals surface area contributed by atoms with Gasteiger partial charge in [0.1, 0.15) is 5.82 Å². The zero-order valence-electron chi connectivity index (χ0n) is 16.4. The number of carbonyl (C=O) groups is 1. The first-order valence-corrected chi connectivity index (χ1v) is 11.8. The van der Waals surface area contributed by atoms with E-state index in [-0.39, 0.29) is 23.5 Å². The molecule has 156 valence electrons. The van der Waals surface area contributed by atoms with Crippen molar-refractivity contribution in [1.29, 1.82) is 0 Å². The number of aromatic nitrogens is 3. The summed E-state index contributed by atoms with van der Waals surface area (Å²) < 4.78 is 17.4. The molecule has 1 saturated carbocycles. The van der Waals surface area contributed by atoms with Crippen molar-refractivity contribution in [3.63, 3.8) is 0 Å². The first-order valence-electron chi connectivity index (χ1n) is 10.00. The quantitative estimate of drug-likeness (QED) is 0.426. The van der Waals surface area contributed by atoms with Crippen LogP contribution in [-0.2, 0) is 4.79 Å². The number of halogens is 2. The molecule has 1 N–H and O–H groups in total. The Balaban J connectivity index is 1.55. The van der Waals surface area contributed by atoms with Crippen LogP contribution in [0.25, 0.3) is 11.4 Å². The number of rotatable bonds is 6. The molecule has 0 spiro atoms. The maximum Gasteiger partial charge on any atom is 0.234 e. The molecule has 1 aromatic heterocycles. The SMILES string of the molecule is O=C(CSc1nnc(-c2ccccc2F)n1C1CCCCC1)Nc1cccc(Br)c1. The third-order valence-electron chi connectivity index (χ3n) is 5.16. The lowest BCUT2D eigenvalue weighted by Gasteiger charge is -2.25. The summed E-state index contributed by atoms with van der Waals surface area (Å²) in [5.74, 6) is 0.304. The van der Waals surface area contributed by atoms with Gasteiger partial charge in [-0.25, -0.2) is 4.39 Å². The topological polar surface area (TPSA) is 59.8 Å². The van der Waals surface area contributed by atoms with Crippen molar-refractivity contribution in [3.05, 3.63) is 58.8 Å². The summed E-state index contributed by atoms with van der Waals surface area (Å²) in [6, 6.07) is 14.3. The third-order valence-corrected chi connectivity index (χ3v) is 6.60. The van der Waals surface area contributed by atoms with Crippen LogP contribution in [0.3, 0.4) is 0 Å². The van der Waals surface area contributed by atoms with E-state index in [1.807, 2.05) is 28.8 Å². The average molecular weight is 489 g/mol. The summed E-state index contributed by atoms with van der Waals surface area (Å²) in [5.41, 5.74) is 1.18. The van der Waals surface area contributed by atoms with Gasteiger partial charge in [0, 0.05) is 16.2 Å². The number of thioether (sulfide) groups is 1. The number of amides is 1. The van der Waals surface area contributed by atoms with Crippen molar-refractivity contribution in [2.45, 2.75) is 43.3 Å². The van der Waals surface area contributed by atoms with Crippen LogP contribution in [-0.4, -0.2) is 26.4 Å². The summed E-state index contributed by atoms with van der Waals surface area (Å²) in [4.78, 5) is 12.5. The maximum absolute atomic E-state index is 14.5. The van der Waals surface area contributed by atoms with Gasteiger partial charge in [0.25, 0.3) is 0 Å². The van der Waals surface area contributed by atoms with Gasteiger partial charge in [-0.1, -0.05) is 65.2 Å². The van der Waals surface area contributed by atoms with Gasteiger partial charge in [0.15, 0.2) is 11.0 Å². The van der Waals surface area contributed by atoms with Gasteiger partial charge in [0.05, 0.1) is 11.3 Å². The Hall–Kier alpha value is -2.19. The van der Waals surface area contributed by atoms with E-state index in [1.165, 1.54) is 24.2 Å². The van der Waals surface area contributed by atoms with E-state index < -0.39 is 0 Å². The fraction of sp³-hybridized carbons (Fsp3) is 0.318. The highest BCUT2D eigenvalue weighted by atomic mass is 79.9. The van der Waals surface area contributed by atoms with E-state index in [9.17, 15) is 9.18 Å². The van der Waals surface area contributed by atoms with Crippen LogP contribution >= 0.6 is 27.7 Å². The van der Waals surface area contributed by atoms with Gasteiger partial charge < -0.3 is 5.32 Å². The monoisotopic (exact) mass is 488 g/mol. The minimum atomic E-state index is -0.314. The Morgan fingerprint density at radius 2 is 1.93 bits per heavy atom. The van der Waals surface area contributed by atoms with Gasteiger partial charge in [-0.3, -0.25) is 9.36 Å². The molecule has 1 aliphatic rings. The highest BCUT2D eigenvalue weighted by molar-refractivity contribution is 9.10. The number of benzene rings is 2. The second kappa shape index (κ2) is 9.75. The molecule has 0 saturated heterocycles. The molecule has 0 bridgehead atoms. The lowest BCUT2D eigenvalue weighted by atomic mass is 9.95. The second-order valence-corrected chi connectivity index (χ2v) is 9.15. The van der Waals surface area contributed by atoms with Crippen molar-refractivity contribution in [2.75, 3.05) is 11.1 Å². The van der Waals surface area contributed by atoms with Crippen LogP contribution in [0.1, 0.15) is 38.1 Å². The average Bonchev–Trinajstić information content (AvgIpc) is 3.17. The Bertz CT molecular complexity index is 1040. The zero-order valence-corrected chi connectivity index (χ0v) is 18.8. The molecule has 1 aliphatic carbocycles. The first-order chi connectivity index (χ1) is 14.6. The normalized spacial score (nSPS) is 14.6. The largest absolute Gasteiger partial charge is 0.325 e. The Labute approximate surface area is 187 Å². The molecule has 0 atom stereocenters. The Morgan fingerprint density at radius 1 is 1.13 bits per heavy atom. The molecule has 0 aliphatic heterocycles. The number of hydrogen-bond acceptors (Lipinski definition) is 4. The molecule has 0 unspecified atom stereocenters. The van der Waals surface area contributed by atoms with Gasteiger partial charge in [-0.05, 0) is 43.2 Å². The highest BCUT2D eigenvalue weighted by Crippen LogP contribution is 2.36. The van der Waals surface area contributed by atoms with Crippen LogP contribution in [0.15, 0.2) is 58.2 Å². The van der Waals surface area contributed by atoms with Crippen molar-refractivity contribution in [3.8, 4) is 11.4 Å². The minimum Gasteiger partial charge on any atom is -0.325 e. The molecule has 3 aromatic rings. The Kier molecular flexibility index (Phi) is 6.84. The van der Waals surface area contributed by atoms with Crippen LogP contribution in [0.4, 0.5) is 10.1 Å². The molecule has 1 heterocycles. The van der Waals surface area contributed by atoms with Crippen molar-refractivity contribution < 1.29 is 9.18 Å². The van der Waals surface area contributed by atoms with E-state index in [4.69, 9.17) is 0 Å². The molecule has 2 aromatic carbocycles. The lowest BCUT2D eigenvalue weighted by molar-refractivity contribution is -0.113. The summed E-state index contributed by atoms with van der Waals surface area (Å²) in [7, 11) is 0. The summed E-state index contributed by atoms with van der Waals surface area (Å²) >= 11 is 4.74. The predicted molar refractivity (Wildman–Crippen MR) is 121 cm³/mol.